The van der Waals surface area contributed by atoms with Gasteiger partial charge in [-0.25, -0.2) is 0 Å². The first kappa shape index (κ1) is 12.1. The van der Waals surface area contributed by atoms with Crippen molar-refractivity contribution < 1.29 is 0 Å². The van der Waals surface area contributed by atoms with Crippen molar-refractivity contribution >= 4 is 27.5 Å². The summed E-state index contributed by atoms with van der Waals surface area (Å²) in [5.74, 6) is 6.53. The maximum atomic E-state index is 8.77. The number of hydrogen-bond acceptors (Lipinski definition) is 1. The van der Waals surface area contributed by atoms with Crippen LogP contribution in [0.4, 0.5) is 0 Å². The summed E-state index contributed by atoms with van der Waals surface area (Å²) in [6, 6.07) is 7.61. The number of nitrogens with zero attached hydrogens (tertiary/aromatic N) is 1. The molecule has 0 fully saturated rings. The number of alkyl halides is 2. The van der Waals surface area contributed by atoms with Crippen LogP contribution >= 0.6 is 27.5 Å². The highest BCUT2D eigenvalue weighted by Gasteiger charge is 1.99. The molecular weight excluding hydrogens is 273 g/mol. The van der Waals surface area contributed by atoms with Crippen molar-refractivity contribution in [1.82, 2.24) is 0 Å². The number of benzene rings is 1. The second-order valence-electron chi connectivity index (χ2n) is 2.86. The van der Waals surface area contributed by atoms with Crippen LogP contribution in [0.3, 0.4) is 0 Å². The molecule has 0 bridgehead atoms. The van der Waals surface area contributed by atoms with E-state index in [-0.39, 0.29) is 0 Å². The van der Waals surface area contributed by atoms with Crippen molar-refractivity contribution in [2.75, 3.05) is 5.88 Å². The third kappa shape index (κ3) is 3.59. The Morgan fingerprint density at radius 2 is 2.20 bits per heavy atom. The molecule has 0 N–H and O–H groups in total. The summed E-state index contributed by atoms with van der Waals surface area (Å²) in [6.07, 6.45) is 0.667. The Morgan fingerprint density at radius 1 is 1.40 bits per heavy atom. The summed E-state index contributed by atoms with van der Waals surface area (Å²) in [6.45, 7) is 0. The number of rotatable bonds is 2. The molecule has 0 radical (unpaired) electrons. The minimum atomic E-state index is 0.536. The van der Waals surface area contributed by atoms with E-state index in [9.17, 15) is 0 Å². The summed E-state index contributed by atoms with van der Waals surface area (Å²) in [4.78, 5) is 0. The molecule has 3 heteroatoms. The molecule has 0 saturated heterocycles. The van der Waals surface area contributed by atoms with Gasteiger partial charge >= 0.3 is 0 Å². The highest BCUT2D eigenvalue weighted by molar-refractivity contribution is 9.08. The largest absolute Gasteiger partial charge is 0.192 e. The normalized spacial score (nSPS) is 8.87. The second-order valence-corrected chi connectivity index (χ2v) is 3.80. The fraction of sp³-hybridized carbons (Fsp3) is 0.250. The molecule has 0 unspecified atom stereocenters. The Kier molecular flexibility index (Phi) is 5.26. The molecule has 0 aliphatic rings. The van der Waals surface area contributed by atoms with Gasteiger partial charge in [0.2, 0.25) is 0 Å². The predicted octanol–water partition coefficient (Wildman–Crippen LogP) is 3.43. The lowest BCUT2D eigenvalue weighted by Gasteiger charge is -2.00. The molecule has 0 saturated carbocycles. The van der Waals surface area contributed by atoms with Crippen LogP contribution in [0.5, 0.6) is 0 Å². The minimum Gasteiger partial charge on any atom is -0.192 e. The monoisotopic (exact) mass is 281 g/mol. The van der Waals surface area contributed by atoms with Crippen molar-refractivity contribution in [1.29, 1.82) is 5.26 Å². The summed E-state index contributed by atoms with van der Waals surface area (Å²) >= 11 is 8.92. The van der Waals surface area contributed by atoms with Crippen LogP contribution in [0.2, 0.25) is 0 Å². The maximum Gasteiger partial charge on any atom is 0.0992 e. The Balaban J connectivity index is 3.04. The topological polar surface area (TPSA) is 23.8 Å². The second kappa shape index (κ2) is 6.51. The van der Waals surface area contributed by atoms with Gasteiger partial charge < -0.3 is 0 Å². The van der Waals surface area contributed by atoms with Crippen molar-refractivity contribution in [3.05, 3.63) is 34.9 Å². The first-order chi connectivity index (χ1) is 7.31. The smallest absolute Gasteiger partial charge is 0.0992 e. The quantitative estimate of drug-likeness (QED) is 0.602. The Morgan fingerprint density at radius 3 is 2.80 bits per heavy atom. The maximum absolute atomic E-state index is 8.77. The van der Waals surface area contributed by atoms with Crippen molar-refractivity contribution in [2.45, 2.75) is 11.8 Å². The van der Waals surface area contributed by atoms with Crippen LogP contribution in [-0.2, 0) is 5.33 Å². The van der Waals surface area contributed by atoms with E-state index in [2.05, 4.69) is 33.8 Å². The van der Waals surface area contributed by atoms with Gasteiger partial charge in [-0.15, -0.1) is 11.6 Å². The molecule has 76 valence electrons. The fourth-order valence-electron chi connectivity index (χ4n) is 1.08. The lowest BCUT2D eigenvalue weighted by Crippen LogP contribution is -1.87. The first-order valence-corrected chi connectivity index (χ1v) is 6.11. The standard InChI is InChI=1S/C12H9BrClN/c13-8-12-5-4-10(9-15)7-11(12)3-1-2-6-14/h4-5,7H,2,6,8H2. The van der Waals surface area contributed by atoms with Gasteiger partial charge in [-0.2, -0.15) is 5.26 Å². The van der Waals surface area contributed by atoms with Gasteiger partial charge in [0.05, 0.1) is 11.6 Å². The van der Waals surface area contributed by atoms with Crippen molar-refractivity contribution in [2.24, 2.45) is 0 Å². The fourth-order valence-corrected chi connectivity index (χ4v) is 1.67. The van der Waals surface area contributed by atoms with E-state index in [1.54, 1.807) is 12.1 Å². The van der Waals surface area contributed by atoms with E-state index in [1.807, 2.05) is 6.07 Å². The van der Waals surface area contributed by atoms with E-state index >= 15 is 0 Å². The Bertz CT molecular complexity index is 437. The van der Waals surface area contributed by atoms with E-state index in [1.165, 1.54) is 0 Å². The van der Waals surface area contributed by atoms with Gasteiger partial charge in [-0.1, -0.05) is 33.8 Å². The average molecular weight is 283 g/mol. The Labute approximate surface area is 103 Å². The van der Waals surface area contributed by atoms with Crippen LogP contribution in [0.25, 0.3) is 0 Å². The number of hydrogen-bond donors (Lipinski definition) is 0. The molecule has 0 amide bonds. The molecule has 0 aromatic heterocycles. The minimum absolute atomic E-state index is 0.536. The van der Waals surface area contributed by atoms with Gasteiger partial charge in [0, 0.05) is 23.2 Å². The highest BCUT2D eigenvalue weighted by atomic mass is 79.9. The molecule has 0 heterocycles. The third-order valence-corrected chi connectivity index (χ3v) is 2.62. The zero-order valence-electron chi connectivity index (χ0n) is 8.06. The van der Waals surface area contributed by atoms with Crippen LogP contribution in [0.15, 0.2) is 18.2 Å². The van der Waals surface area contributed by atoms with Crippen LogP contribution in [0.1, 0.15) is 23.1 Å². The first-order valence-electron chi connectivity index (χ1n) is 4.45. The summed E-state index contributed by atoms with van der Waals surface area (Å²) in [5, 5.41) is 9.51. The average Bonchev–Trinajstić information content (AvgIpc) is 2.29. The summed E-state index contributed by atoms with van der Waals surface area (Å²) in [5.41, 5.74) is 2.63. The van der Waals surface area contributed by atoms with E-state index < -0.39 is 0 Å². The van der Waals surface area contributed by atoms with Crippen molar-refractivity contribution in [3.63, 3.8) is 0 Å². The molecule has 0 aliphatic heterocycles. The van der Waals surface area contributed by atoms with Gasteiger partial charge in [-0.05, 0) is 17.7 Å². The number of halogens is 2. The SMILES string of the molecule is N#Cc1ccc(CBr)c(C#CCCCl)c1. The van der Waals surface area contributed by atoms with Crippen LogP contribution in [-0.4, -0.2) is 5.88 Å². The Hall–Kier alpha value is -0.960. The van der Waals surface area contributed by atoms with Crippen LogP contribution in [0, 0.1) is 23.2 Å². The molecule has 0 spiro atoms. The zero-order valence-corrected chi connectivity index (χ0v) is 10.4. The molecule has 1 aromatic rings. The van der Waals surface area contributed by atoms with Gasteiger partial charge in [0.25, 0.3) is 0 Å². The molecule has 15 heavy (non-hydrogen) atoms. The molecule has 1 aromatic carbocycles. The third-order valence-electron chi connectivity index (χ3n) is 1.83. The van der Waals surface area contributed by atoms with E-state index in [4.69, 9.17) is 16.9 Å². The van der Waals surface area contributed by atoms with Gasteiger partial charge in [0.1, 0.15) is 0 Å². The van der Waals surface area contributed by atoms with E-state index in [0.717, 1.165) is 16.5 Å². The molecule has 0 aliphatic carbocycles. The van der Waals surface area contributed by atoms with Gasteiger partial charge in [-0.3, -0.25) is 0 Å². The van der Waals surface area contributed by atoms with Crippen molar-refractivity contribution in [3.8, 4) is 17.9 Å². The lowest BCUT2D eigenvalue weighted by molar-refractivity contribution is 1.28. The zero-order chi connectivity index (χ0) is 11.1. The summed E-state index contributed by atoms with van der Waals surface area (Å²) < 4.78 is 0. The molecule has 1 nitrogen and oxygen atoms in total. The van der Waals surface area contributed by atoms with Gasteiger partial charge in [0.15, 0.2) is 0 Å². The molecular formula is C12H9BrClN. The van der Waals surface area contributed by atoms with Crippen LogP contribution < -0.4 is 0 Å². The highest BCUT2D eigenvalue weighted by Crippen LogP contribution is 2.13. The number of nitriles is 1. The summed E-state index contributed by atoms with van der Waals surface area (Å²) in [7, 11) is 0. The predicted molar refractivity (Wildman–Crippen MR) is 66.0 cm³/mol. The van der Waals surface area contributed by atoms with E-state index in [0.29, 0.717) is 17.9 Å². The molecule has 0 atom stereocenters. The molecule has 1 rings (SSSR count). The lowest BCUT2D eigenvalue weighted by atomic mass is 10.1.